The topological polar surface area (TPSA) is 192 Å². The number of nitrogens with two attached hydrogens (primary N) is 1. The number of aromatic nitrogens is 2. The van der Waals surface area contributed by atoms with Crippen LogP contribution in [0.15, 0.2) is 65.5 Å². The maximum Gasteiger partial charge on any atom is 0.355 e. The number of halogens is 1. The molecule has 2 unspecified atom stereocenters. The summed E-state index contributed by atoms with van der Waals surface area (Å²) in [4.78, 5) is 59.7. The van der Waals surface area contributed by atoms with E-state index >= 15 is 0 Å². The van der Waals surface area contributed by atoms with E-state index in [1.165, 1.54) is 53.1 Å². The van der Waals surface area contributed by atoms with E-state index in [4.69, 9.17) is 15.3 Å². The van der Waals surface area contributed by atoms with Crippen LogP contribution >= 0.6 is 23.3 Å². The van der Waals surface area contributed by atoms with Crippen LogP contribution in [0.3, 0.4) is 0 Å². The number of oxime groups is 1. The van der Waals surface area contributed by atoms with Gasteiger partial charge in [0.2, 0.25) is 11.5 Å². The van der Waals surface area contributed by atoms with Gasteiger partial charge in [-0.2, -0.15) is 9.36 Å². The van der Waals surface area contributed by atoms with Gasteiger partial charge in [0.05, 0.1) is 4.92 Å². The minimum atomic E-state index is -1.01. The van der Waals surface area contributed by atoms with Gasteiger partial charge in [0.15, 0.2) is 10.9 Å². The van der Waals surface area contributed by atoms with Crippen LogP contribution in [-0.2, 0) is 25.7 Å². The quantitative estimate of drug-likeness (QED) is 0.120. The second-order valence-corrected chi connectivity index (χ2v) is 10.3. The van der Waals surface area contributed by atoms with Crippen molar-refractivity contribution in [2.75, 3.05) is 11.5 Å². The Hall–Kier alpha value is -4.90. The molecule has 1 saturated heterocycles. The highest BCUT2D eigenvalue weighted by molar-refractivity contribution is 8.00. The Kier molecular flexibility index (Phi) is 7.88. The number of nitrogens with one attached hydrogen (secondary N) is 1. The first-order valence-corrected chi connectivity index (χ1v) is 13.5. The lowest BCUT2D eigenvalue weighted by Gasteiger charge is -2.48. The van der Waals surface area contributed by atoms with Gasteiger partial charge in [0.25, 0.3) is 17.5 Å². The molecule has 2 aliphatic rings. The van der Waals surface area contributed by atoms with E-state index in [-0.39, 0.29) is 40.4 Å². The summed E-state index contributed by atoms with van der Waals surface area (Å²) in [6.07, 6.45) is 1.54. The number of amides is 2. The Morgan fingerprint density at radius 2 is 1.95 bits per heavy atom. The van der Waals surface area contributed by atoms with Crippen LogP contribution in [0.2, 0.25) is 0 Å². The van der Waals surface area contributed by atoms with Gasteiger partial charge in [-0.3, -0.25) is 24.6 Å². The predicted octanol–water partition coefficient (Wildman–Crippen LogP) is 1.98. The third kappa shape index (κ3) is 5.99. The summed E-state index contributed by atoms with van der Waals surface area (Å²) in [5, 5.41) is 16.7. The van der Waals surface area contributed by atoms with E-state index in [2.05, 4.69) is 19.8 Å². The molecule has 14 nitrogen and oxygen atoms in total. The smallest absolute Gasteiger partial charge is 0.355 e. The minimum Gasteiger partial charge on any atom is -0.456 e. The average Bonchev–Trinajstić information content (AvgIpc) is 3.40. The highest BCUT2D eigenvalue weighted by Crippen LogP contribution is 2.38. The number of nitro groups is 1. The zero-order valence-corrected chi connectivity index (χ0v) is 22.3. The summed E-state index contributed by atoms with van der Waals surface area (Å²) in [6, 6.07) is 9.40. The van der Waals surface area contributed by atoms with Crippen LogP contribution < -0.4 is 15.9 Å². The van der Waals surface area contributed by atoms with E-state index in [0.29, 0.717) is 11.3 Å². The van der Waals surface area contributed by atoms with E-state index in [1.807, 2.05) is 0 Å². The molecule has 5 rings (SSSR count). The van der Waals surface area contributed by atoms with Gasteiger partial charge in [-0.15, -0.1) is 11.8 Å². The lowest BCUT2D eigenvalue weighted by Crippen LogP contribution is -2.70. The van der Waals surface area contributed by atoms with Crippen LogP contribution in [0.25, 0.3) is 0 Å². The number of rotatable bonds is 9. The molecule has 1 aromatic heterocycles. The number of hydrogen-bond acceptors (Lipinski definition) is 13. The molecule has 1 fully saturated rings. The number of thioether (sulfide) groups is 1. The van der Waals surface area contributed by atoms with Crippen molar-refractivity contribution in [1.82, 2.24) is 19.6 Å². The summed E-state index contributed by atoms with van der Waals surface area (Å²) in [5.41, 5.74) is 5.73. The number of non-ortho nitro benzene ring substituents is 1. The Morgan fingerprint density at radius 1 is 1.22 bits per heavy atom. The van der Waals surface area contributed by atoms with Crippen LogP contribution in [-0.4, -0.2) is 59.8 Å². The molecule has 41 heavy (non-hydrogen) atoms. The van der Waals surface area contributed by atoms with Gasteiger partial charge < -0.3 is 20.6 Å². The monoisotopic (exact) mass is 599 g/mol. The Morgan fingerprint density at radius 3 is 2.61 bits per heavy atom. The Balaban J connectivity index is 1.24. The molecular weight excluding hydrogens is 581 g/mol. The highest BCUT2D eigenvalue weighted by Gasteiger charge is 2.53. The molecule has 3 N–H and O–H groups in total. The van der Waals surface area contributed by atoms with Gasteiger partial charge in [-0.05, 0) is 48.0 Å². The maximum absolute atomic E-state index is 13.2. The maximum atomic E-state index is 13.2. The minimum absolute atomic E-state index is 0.0219. The fraction of sp³-hybridized carbons (Fsp3) is 0.167. The number of carbonyl (C=O) groups excluding carboxylic acids is 3. The summed E-state index contributed by atoms with van der Waals surface area (Å²) in [7, 11) is 0. The van der Waals surface area contributed by atoms with Crippen LogP contribution in [0.4, 0.5) is 15.2 Å². The standard InChI is InChI=1S/C24H18FN7O7S2/c25-13-3-7-15(8-4-13)39-29-17(19-28-24(26)41-30-19)20(33)27-18-21(34)31-16(9-10-40-22(18)31)23(35)38-11-12-1-5-14(6-2-12)32(36)37/h1-9,18,22H,10-11H2,(H,27,33)(H2,26,28,30)/b29-17+. The molecule has 0 radical (unpaired) electrons. The van der Waals surface area contributed by atoms with Gasteiger partial charge >= 0.3 is 5.97 Å². The molecular formula is C24H18FN7O7S2. The third-order valence-corrected chi connectivity index (χ3v) is 7.51. The normalized spacial score (nSPS) is 18.1. The zero-order chi connectivity index (χ0) is 29.1. The van der Waals surface area contributed by atoms with E-state index < -0.39 is 39.9 Å². The van der Waals surface area contributed by atoms with Crippen LogP contribution in [0, 0.1) is 15.9 Å². The van der Waals surface area contributed by atoms with Crippen molar-refractivity contribution in [3.63, 3.8) is 0 Å². The summed E-state index contributed by atoms with van der Waals surface area (Å²) < 4.78 is 22.5. The van der Waals surface area contributed by atoms with Gasteiger partial charge in [-0.1, -0.05) is 5.16 Å². The second kappa shape index (κ2) is 11.7. The predicted molar refractivity (Wildman–Crippen MR) is 144 cm³/mol. The van der Waals surface area contributed by atoms with Crippen LogP contribution in [0.1, 0.15) is 11.4 Å². The van der Waals surface area contributed by atoms with Crippen LogP contribution in [0.5, 0.6) is 5.75 Å². The fourth-order valence-corrected chi connectivity index (χ4v) is 5.41. The second-order valence-electron chi connectivity index (χ2n) is 8.41. The molecule has 3 heterocycles. The number of nitrogen functional groups attached to an aromatic ring is 1. The van der Waals surface area contributed by atoms with Gasteiger partial charge in [-0.25, -0.2) is 9.18 Å². The number of benzene rings is 2. The Bertz CT molecular complexity index is 1580. The van der Waals surface area contributed by atoms with Crippen molar-refractivity contribution in [2.45, 2.75) is 18.0 Å². The van der Waals surface area contributed by atoms with Crippen molar-refractivity contribution in [3.05, 3.63) is 87.6 Å². The molecule has 0 bridgehead atoms. The molecule has 2 aliphatic heterocycles. The van der Waals surface area contributed by atoms with E-state index in [0.717, 1.165) is 23.7 Å². The number of β-lactam (4-membered cyclic amide) rings is 1. The molecule has 0 aliphatic carbocycles. The SMILES string of the molecule is Nc1nc(/C(=N\Oc2ccc(F)cc2)C(=O)NC2C(=O)N3C(C(=O)OCc4ccc([N+](=O)[O-])cc4)=CCSC23)ns1. The molecule has 2 amide bonds. The third-order valence-electron chi connectivity index (χ3n) is 5.78. The summed E-state index contributed by atoms with van der Waals surface area (Å²) >= 11 is 2.14. The summed E-state index contributed by atoms with van der Waals surface area (Å²) in [6.45, 7) is -0.161. The largest absolute Gasteiger partial charge is 0.456 e. The number of anilines is 1. The van der Waals surface area contributed by atoms with E-state index in [9.17, 15) is 28.9 Å². The van der Waals surface area contributed by atoms with Gasteiger partial charge in [0.1, 0.15) is 29.5 Å². The van der Waals surface area contributed by atoms with Crippen molar-refractivity contribution in [3.8, 4) is 5.75 Å². The summed E-state index contributed by atoms with van der Waals surface area (Å²) in [5.74, 6) is -2.28. The lowest BCUT2D eigenvalue weighted by molar-refractivity contribution is -0.384. The fourth-order valence-electron chi connectivity index (χ4n) is 3.78. The van der Waals surface area contributed by atoms with Crippen molar-refractivity contribution >= 4 is 57.6 Å². The molecule has 0 saturated carbocycles. The van der Waals surface area contributed by atoms with E-state index in [1.54, 1.807) is 6.08 Å². The lowest BCUT2D eigenvalue weighted by atomic mass is 10.0. The molecule has 2 atom stereocenters. The first kappa shape index (κ1) is 27.7. The highest BCUT2D eigenvalue weighted by atomic mass is 32.2. The number of ether oxygens (including phenoxy) is 1. The number of esters is 1. The Labute approximate surface area is 238 Å². The number of carbonyl (C=O) groups is 3. The number of nitro benzene ring substituents is 1. The van der Waals surface area contributed by atoms with Gasteiger partial charge in [0, 0.05) is 29.4 Å². The number of hydrogen-bond donors (Lipinski definition) is 2. The average molecular weight is 600 g/mol. The van der Waals surface area contributed by atoms with Crippen molar-refractivity contribution in [1.29, 1.82) is 0 Å². The molecule has 0 spiro atoms. The molecule has 17 heteroatoms. The number of nitrogens with zero attached hydrogens (tertiary/aromatic N) is 5. The zero-order valence-electron chi connectivity index (χ0n) is 20.6. The first-order valence-electron chi connectivity index (χ1n) is 11.7. The molecule has 210 valence electrons. The van der Waals surface area contributed by atoms with Crippen molar-refractivity contribution < 1.29 is 33.3 Å². The van der Waals surface area contributed by atoms with Crippen molar-refractivity contribution in [2.24, 2.45) is 5.16 Å². The number of fused-ring (bicyclic) bond motifs is 1. The molecule has 3 aromatic rings. The molecule has 2 aromatic carbocycles. The first-order chi connectivity index (χ1) is 19.7.